The molecule has 1 heteroatoms. The molecule has 0 unspecified atom stereocenters. The minimum atomic E-state index is 0.429. The molecule has 2 N–H and O–H groups in total. The molecule has 0 heterocycles. The van der Waals surface area contributed by atoms with E-state index in [1.165, 1.54) is 12.0 Å². The van der Waals surface area contributed by atoms with Gasteiger partial charge in [0.2, 0.25) is 0 Å². The fourth-order valence-electron chi connectivity index (χ4n) is 1.25. The molecule has 0 fully saturated rings. The van der Waals surface area contributed by atoms with Gasteiger partial charge < -0.3 is 5.73 Å². The smallest absolute Gasteiger partial charge is 0.0555 e. The molecule has 1 aromatic rings. The summed E-state index contributed by atoms with van der Waals surface area (Å²) in [4.78, 5) is 0. The van der Waals surface area contributed by atoms with Crippen LogP contribution in [0.1, 0.15) is 24.5 Å². The van der Waals surface area contributed by atoms with E-state index >= 15 is 0 Å². The average molecular weight is 173 g/mol. The van der Waals surface area contributed by atoms with Crippen molar-refractivity contribution >= 4 is 0 Å². The van der Waals surface area contributed by atoms with Crippen LogP contribution < -0.4 is 5.73 Å². The predicted octanol–water partition coefficient (Wildman–Crippen LogP) is 1.95. The summed E-state index contributed by atoms with van der Waals surface area (Å²) in [6.07, 6.45) is 2.30. The Hall–Kier alpha value is -1.26. The molecular formula is C12H15N. The maximum Gasteiger partial charge on any atom is 0.0555 e. The fraction of sp³-hybridized carbons (Fsp3) is 0.333. The summed E-state index contributed by atoms with van der Waals surface area (Å²) in [5.41, 5.74) is 7.72. The normalized spacial score (nSPS) is 9.08. The van der Waals surface area contributed by atoms with Gasteiger partial charge in [0.1, 0.15) is 0 Å². The highest BCUT2D eigenvalue weighted by Gasteiger charge is 1.91. The molecule has 0 spiro atoms. The van der Waals surface area contributed by atoms with E-state index < -0.39 is 0 Å². The summed E-state index contributed by atoms with van der Waals surface area (Å²) in [6.45, 7) is 2.61. The highest BCUT2D eigenvalue weighted by atomic mass is 14.5. The van der Waals surface area contributed by atoms with Crippen LogP contribution >= 0.6 is 0 Å². The van der Waals surface area contributed by atoms with Gasteiger partial charge in [-0.15, -0.1) is 0 Å². The molecule has 1 nitrogen and oxygen atoms in total. The van der Waals surface area contributed by atoms with Crippen LogP contribution in [0, 0.1) is 11.8 Å². The zero-order valence-corrected chi connectivity index (χ0v) is 8.01. The van der Waals surface area contributed by atoms with Gasteiger partial charge in [-0.2, -0.15) is 0 Å². The molecule has 0 bridgehead atoms. The van der Waals surface area contributed by atoms with Gasteiger partial charge in [-0.25, -0.2) is 0 Å². The quantitative estimate of drug-likeness (QED) is 0.680. The predicted molar refractivity (Wildman–Crippen MR) is 56.4 cm³/mol. The van der Waals surface area contributed by atoms with Crippen LogP contribution in [-0.4, -0.2) is 6.54 Å². The van der Waals surface area contributed by atoms with Crippen LogP contribution in [0.3, 0.4) is 0 Å². The van der Waals surface area contributed by atoms with Gasteiger partial charge in [-0.3, -0.25) is 0 Å². The molecule has 1 rings (SSSR count). The molecule has 0 aliphatic rings. The van der Waals surface area contributed by atoms with E-state index in [0.717, 1.165) is 12.0 Å². The molecule has 0 saturated heterocycles. The van der Waals surface area contributed by atoms with Gasteiger partial charge in [0.15, 0.2) is 0 Å². The lowest BCUT2D eigenvalue weighted by Crippen LogP contribution is -1.93. The number of hydrogen-bond donors (Lipinski definition) is 1. The average Bonchev–Trinajstić information content (AvgIpc) is 2.16. The number of nitrogens with two attached hydrogens (primary N) is 1. The first-order valence-corrected chi connectivity index (χ1v) is 4.64. The van der Waals surface area contributed by atoms with Gasteiger partial charge >= 0.3 is 0 Å². The number of aryl methyl sites for hydroxylation is 1. The lowest BCUT2D eigenvalue weighted by Gasteiger charge is -1.97. The van der Waals surface area contributed by atoms with Crippen molar-refractivity contribution in [3.63, 3.8) is 0 Å². The Morgan fingerprint density at radius 3 is 2.92 bits per heavy atom. The van der Waals surface area contributed by atoms with Crippen molar-refractivity contribution in [3.05, 3.63) is 35.4 Å². The Kier molecular flexibility index (Phi) is 4.08. The second kappa shape index (κ2) is 5.40. The van der Waals surface area contributed by atoms with Gasteiger partial charge in [0.25, 0.3) is 0 Å². The zero-order valence-electron chi connectivity index (χ0n) is 8.01. The number of hydrogen-bond acceptors (Lipinski definition) is 1. The van der Waals surface area contributed by atoms with Crippen LogP contribution in [0.15, 0.2) is 24.3 Å². The third-order valence-corrected chi connectivity index (χ3v) is 1.80. The molecule has 0 amide bonds. The molecule has 68 valence electrons. The first kappa shape index (κ1) is 9.83. The topological polar surface area (TPSA) is 26.0 Å². The van der Waals surface area contributed by atoms with Gasteiger partial charge in [-0.1, -0.05) is 37.3 Å². The Bertz CT molecular complexity index is 317. The van der Waals surface area contributed by atoms with Gasteiger partial charge in [-0.05, 0) is 24.1 Å². The maximum atomic E-state index is 5.30. The van der Waals surface area contributed by atoms with E-state index in [1.807, 2.05) is 12.1 Å². The lowest BCUT2D eigenvalue weighted by molar-refractivity contribution is 0.921. The third-order valence-electron chi connectivity index (χ3n) is 1.80. The molecule has 0 atom stereocenters. The molecule has 0 saturated carbocycles. The molecular weight excluding hydrogens is 158 g/mol. The standard InChI is InChI=1S/C12H15N/c1-2-5-11-6-3-7-12(10-11)8-4-9-13/h3,6-7,10H,2,5,9,13H2,1H3. The monoisotopic (exact) mass is 173 g/mol. The third kappa shape index (κ3) is 3.31. The highest BCUT2D eigenvalue weighted by molar-refractivity contribution is 5.37. The van der Waals surface area contributed by atoms with E-state index in [1.54, 1.807) is 0 Å². The van der Waals surface area contributed by atoms with Crippen molar-refractivity contribution in [1.82, 2.24) is 0 Å². The summed E-state index contributed by atoms with van der Waals surface area (Å²) >= 11 is 0. The van der Waals surface area contributed by atoms with Crippen molar-refractivity contribution in [1.29, 1.82) is 0 Å². The second-order valence-electron chi connectivity index (χ2n) is 2.96. The minimum absolute atomic E-state index is 0.429. The summed E-state index contributed by atoms with van der Waals surface area (Å²) in [5, 5.41) is 0. The summed E-state index contributed by atoms with van der Waals surface area (Å²) in [5.74, 6) is 5.88. The van der Waals surface area contributed by atoms with Crippen LogP contribution in [0.4, 0.5) is 0 Å². The van der Waals surface area contributed by atoms with Crippen molar-refractivity contribution in [2.45, 2.75) is 19.8 Å². The zero-order chi connectivity index (χ0) is 9.52. The number of benzene rings is 1. The summed E-state index contributed by atoms with van der Waals surface area (Å²) in [7, 11) is 0. The number of rotatable bonds is 2. The van der Waals surface area contributed by atoms with Crippen LogP contribution in [0.25, 0.3) is 0 Å². The highest BCUT2D eigenvalue weighted by Crippen LogP contribution is 2.06. The van der Waals surface area contributed by atoms with Crippen LogP contribution in [0.5, 0.6) is 0 Å². The molecule has 13 heavy (non-hydrogen) atoms. The maximum absolute atomic E-state index is 5.30. The second-order valence-corrected chi connectivity index (χ2v) is 2.96. The Balaban J connectivity index is 2.79. The van der Waals surface area contributed by atoms with Gasteiger partial charge in [0.05, 0.1) is 6.54 Å². The fourth-order valence-corrected chi connectivity index (χ4v) is 1.25. The molecule has 0 aliphatic heterocycles. The first-order chi connectivity index (χ1) is 6.36. The van der Waals surface area contributed by atoms with Crippen molar-refractivity contribution < 1.29 is 0 Å². The Morgan fingerprint density at radius 2 is 2.23 bits per heavy atom. The van der Waals surface area contributed by atoms with Crippen LogP contribution in [-0.2, 0) is 6.42 Å². The van der Waals surface area contributed by atoms with Crippen molar-refractivity contribution in [3.8, 4) is 11.8 Å². The summed E-state index contributed by atoms with van der Waals surface area (Å²) < 4.78 is 0. The van der Waals surface area contributed by atoms with E-state index in [2.05, 4.69) is 30.9 Å². The largest absolute Gasteiger partial charge is 0.320 e. The molecule has 0 aliphatic carbocycles. The Labute approximate surface area is 80.0 Å². The Morgan fingerprint density at radius 1 is 1.38 bits per heavy atom. The van der Waals surface area contributed by atoms with E-state index in [-0.39, 0.29) is 0 Å². The van der Waals surface area contributed by atoms with E-state index in [0.29, 0.717) is 6.54 Å². The first-order valence-electron chi connectivity index (χ1n) is 4.64. The van der Waals surface area contributed by atoms with Crippen molar-refractivity contribution in [2.24, 2.45) is 5.73 Å². The van der Waals surface area contributed by atoms with Crippen molar-refractivity contribution in [2.75, 3.05) is 6.54 Å². The lowest BCUT2D eigenvalue weighted by atomic mass is 10.1. The van der Waals surface area contributed by atoms with E-state index in [4.69, 9.17) is 5.73 Å². The SMILES string of the molecule is CCCc1cccc(C#CCN)c1. The van der Waals surface area contributed by atoms with E-state index in [9.17, 15) is 0 Å². The van der Waals surface area contributed by atoms with Gasteiger partial charge in [0, 0.05) is 5.56 Å². The molecule has 0 aromatic heterocycles. The summed E-state index contributed by atoms with van der Waals surface area (Å²) in [6, 6.07) is 8.33. The molecule has 1 aromatic carbocycles. The van der Waals surface area contributed by atoms with Crippen LogP contribution in [0.2, 0.25) is 0 Å². The minimum Gasteiger partial charge on any atom is -0.320 e. The molecule has 0 radical (unpaired) electrons.